The first-order valence-corrected chi connectivity index (χ1v) is 16.9. The highest BCUT2D eigenvalue weighted by molar-refractivity contribution is 6.74. The minimum atomic E-state index is -1.93. The van der Waals surface area contributed by atoms with E-state index in [4.69, 9.17) is 9.41 Å². The highest BCUT2D eigenvalue weighted by Crippen LogP contribution is 2.37. The largest absolute Gasteiger partial charge is 0.544 e. The molecule has 208 valence electrons. The van der Waals surface area contributed by atoms with Gasteiger partial charge in [0.05, 0.1) is 18.3 Å². The highest BCUT2D eigenvalue weighted by Gasteiger charge is 2.38. The van der Waals surface area contributed by atoms with Crippen molar-refractivity contribution in [2.45, 2.75) is 52.2 Å². The standard InChI is InChI=1S/C35H37N3O2Si/c1-24-11-15-27(16-12-24)31-23-36-34(33(37-31)29-18-17-26-9-7-8-10-28(26)22-29)38-32(39)21-25-13-19-30(20-14-25)40-41(5,6)35(2,3)4/h7-20,22-23H,21H2,1-6H3,(H,36,38,39). The number of hydrogen-bond donors (Lipinski definition) is 1. The zero-order valence-electron chi connectivity index (χ0n) is 24.7. The van der Waals surface area contributed by atoms with Gasteiger partial charge in [0.2, 0.25) is 14.2 Å². The van der Waals surface area contributed by atoms with Crippen molar-refractivity contribution in [2.24, 2.45) is 0 Å². The van der Waals surface area contributed by atoms with Gasteiger partial charge in [-0.15, -0.1) is 0 Å². The van der Waals surface area contributed by atoms with Gasteiger partial charge in [-0.2, -0.15) is 0 Å². The number of anilines is 1. The van der Waals surface area contributed by atoms with E-state index < -0.39 is 8.32 Å². The molecule has 5 nitrogen and oxygen atoms in total. The molecule has 0 aliphatic carbocycles. The van der Waals surface area contributed by atoms with Crippen molar-refractivity contribution in [3.63, 3.8) is 0 Å². The van der Waals surface area contributed by atoms with Crippen molar-refractivity contribution in [3.8, 4) is 28.3 Å². The minimum Gasteiger partial charge on any atom is -0.544 e. The van der Waals surface area contributed by atoms with E-state index in [0.717, 1.165) is 38.9 Å². The van der Waals surface area contributed by atoms with Crippen molar-refractivity contribution in [1.29, 1.82) is 0 Å². The predicted molar refractivity (Wildman–Crippen MR) is 172 cm³/mol. The number of fused-ring (bicyclic) bond motifs is 1. The first kappa shape index (κ1) is 28.2. The molecule has 0 radical (unpaired) electrons. The van der Waals surface area contributed by atoms with Crippen LogP contribution >= 0.6 is 0 Å². The average Bonchev–Trinajstić information content (AvgIpc) is 2.94. The lowest BCUT2D eigenvalue weighted by atomic mass is 10.0. The first-order chi connectivity index (χ1) is 19.5. The number of aryl methyl sites for hydroxylation is 1. The third kappa shape index (κ3) is 6.55. The van der Waals surface area contributed by atoms with Crippen molar-refractivity contribution >= 4 is 30.8 Å². The number of aromatic nitrogens is 2. The highest BCUT2D eigenvalue weighted by atomic mass is 28.4. The number of rotatable bonds is 7. The molecule has 0 bridgehead atoms. The SMILES string of the molecule is Cc1ccc(-c2cnc(NC(=O)Cc3ccc(O[Si](C)(C)C(C)(C)C)cc3)c(-c3ccc4ccccc4c3)n2)cc1. The molecule has 1 amide bonds. The van der Waals surface area contributed by atoms with Crippen LogP contribution in [0, 0.1) is 6.92 Å². The molecular weight excluding hydrogens is 522 g/mol. The van der Waals surface area contributed by atoms with Crippen LogP contribution in [0.5, 0.6) is 5.75 Å². The molecule has 4 aromatic carbocycles. The lowest BCUT2D eigenvalue weighted by molar-refractivity contribution is -0.115. The number of benzene rings is 4. The van der Waals surface area contributed by atoms with Gasteiger partial charge in [-0.05, 0) is 59.6 Å². The van der Waals surface area contributed by atoms with Gasteiger partial charge in [-0.3, -0.25) is 4.79 Å². The smallest absolute Gasteiger partial charge is 0.250 e. The summed E-state index contributed by atoms with van der Waals surface area (Å²) in [5.74, 6) is 1.14. The number of hydrogen-bond acceptors (Lipinski definition) is 4. The van der Waals surface area contributed by atoms with Gasteiger partial charge in [-0.25, -0.2) is 9.97 Å². The summed E-state index contributed by atoms with van der Waals surface area (Å²) < 4.78 is 6.39. The number of carbonyl (C=O) groups is 1. The van der Waals surface area contributed by atoms with E-state index in [9.17, 15) is 4.79 Å². The summed E-state index contributed by atoms with van der Waals surface area (Å²) >= 11 is 0. The summed E-state index contributed by atoms with van der Waals surface area (Å²) in [5.41, 5.74) is 5.35. The second kappa shape index (κ2) is 11.3. The Hall–Kier alpha value is -4.29. The summed E-state index contributed by atoms with van der Waals surface area (Å²) in [5, 5.41) is 5.39. The summed E-state index contributed by atoms with van der Waals surface area (Å²) in [6.07, 6.45) is 1.94. The summed E-state index contributed by atoms with van der Waals surface area (Å²) in [6.45, 7) is 13.2. The number of nitrogens with zero attached hydrogens (tertiary/aromatic N) is 2. The van der Waals surface area contributed by atoms with Gasteiger partial charge in [0.25, 0.3) is 0 Å². The Bertz CT molecular complexity index is 1690. The molecule has 0 unspecified atom stereocenters. The number of amides is 1. The molecule has 5 aromatic rings. The fourth-order valence-electron chi connectivity index (χ4n) is 4.37. The van der Waals surface area contributed by atoms with Crippen LogP contribution in [-0.4, -0.2) is 24.2 Å². The molecule has 1 N–H and O–H groups in total. The minimum absolute atomic E-state index is 0.115. The Balaban J connectivity index is 1.40. The Kier molecular flexibility index (Phi) is 7.78. The topological polar surface area (TPSA) is 64.1 Å². The molecule has 0 spiro atoms. The van der Waals surface area contributed by atoms with Crippen molar-refractivity contribution in [3.05, 3.63) is 108 Å². The van der Waals surface area contributed by atoms with Gasteiger partial charge in [-0.1, -0.05) is 99.1 Å². The van der Waals surface area contributed by atoms with Gasteiger partial charge in [0.15, 0.2) is 5.82 Å². The van der Waals surface area contributed by atoms with E-state index in [1.54, 1.807) is 6.20 Å². The van der Waals surface area contributed by atoms with Crippen LogP contribution < -0.4 is 9.74 Å². The monoisotopic (exact) mass is 559 g/mol. The van der Waals surface area contributed by atoms with Crippen LogP contribution in [0.2, 0.25) is 18.1 Å². The predicted octanol–water partition coefficient (Wildman–Crippen LogP) is 8.84. The molecular formula is C35H37N3O2Si. The van der Waals surface area contributed by atoms with Gasteiger partial charge < -0.3 is 9.74 Å². The Morgan fingerprint density at radius 3 is 2.20 bits per heavy atom. The number of carbonyl (C=O) groups excluding carboxylic acids is 1. The number of nitrogens with one attached hydrogen (secondary N) is 1. The van der Waals surface area contributed by atoms with Crippen molar-refractivity contribution in [2.75, 3.05) is 5.32 Å². The van der Waals surface area contributed by atoms with Crippen LogP contribution in [0.25, 0.3) is 33.3 Å². The lowest BCUT2D eigenvalue weighted by Gasteiger charge is -2.36. The molecule has 0 saturated heterocycles. The Morgan fingerprint density at radius 1 is 0.854 bits per heavy atom. The van der Waals surface area contributed by atoms with E-state index in [2.05, 4.69) is 87.5 Å². The zero-order valence-corrected chi connectivity index (χ0v) is 25.7. The summed E-state index contributed by atoms with van der Waals surface area (Å²) in [6, 6.07) is 30.4. The third-order valence-corrected chi connectivity index (χ3v) is 12.2. The molecule has 1 aromatic heterocycles. The summed E-state index contributed by atoms with van der Waals surface area (Å²) in [7, 11) is -1.93. The third-order valence-electron chi connectivity index (χ3n) is 7.87. The fourth-order valence-corrected chi connectivity index (χ4v) is 5.40. The second-order valence-electron chi connectivity index (χ2n) is 12.1. The Morgan fingerprint density at radius 2 is 1.51 bits per heavy atom. The van der Waals surface area contributed by atoms with E-state index in [0.29, 0.717) is 11.5 Å². The molecule has 1 heterocycles. The maximum absolute atomic E-state index is 13.2. The fraction of sp³-hybridized carbons (Fsp3) is 0.229. The Labute approximate surface area is 243 Å². The molecule has 0 fully saturated rings. The van der Waals surface area contributed by atoms with Crippen LogP contribution in [-0.2, 0) is 11.2 Å². The van der Waals surface area contributed by atoms with Crippen LogP contribution in [0.1, 0.15) is 31.9 Å². The zero-order chi connectivity index (χ0) is 29.2. The quantitative estimate of drug-likeness (QED) is 0.202. The van der Waals surface area contributed by atoms with Gasteiger partial charge >= 0.3 is 0 Å². The second-order valence-corrected chi connectivity index (χ2v) is 16.8. The molecule has 0 aliphatic heterocycles. The molecule has 0 aliphatic rings. The molecule has 0 saturated carbocycles. The van der Waals surface area contributed by atoms with Gasteiger partial charge in [0.1, 0.15) is 11.4 Å². The van der Waals surface area contributed by atoms with E-state index >= 15 is 0 Å². The molecule has 5 rings (SSSR count). The lowest BCUT2D eigenvalue weighted by Crippen LogP contribution is -2.43. The molecule has 41 heavy (non-hydrogen) atoms. The maximum Gasteiger partial charge on any atom is 0.250 e. The van der Waals surface area contributed by atoms with E-state index in [1.807, 2.05) is 54.6 Å². The van der Waals surface area contributed by atoms with E-state index in [1.165, 1.54) is 5.56 Å². The normalized spacial score (nSPS) is 11.9. The first-order valence-electron chi connectivity index (χ1n) is 14.0. The van der Waals surface area contributed by atoms with Crippen LogP contribution in [0.4, 0.5) is 5.82 Å². The molecule has 0 atom stereocenters. The van der Waals surface area contributed by atoms with Crippen molar-refractivity contribution in [1.82, 2.24) is 9.97 Å². The maximum atomic E-state index is 13.2. The summed E-state index contributed by atoms with van der Waals surface area (Å²) in [4.78, 5) is 22.9. The van der Waals surface area contributed by atoms with Crippen LogP contribution in [0.3, 0.4) is 0 Å². The van der Waals surface area contributed by atoms with Crippen molar-refractivity contribution < 1.29 is 9.22 Å². The average molecular weight is 560 g/mol. The van der Waals surface area contributed by atoms with E-state index in [-0.39, 0.29) is 17.4 Å². The van der Waals surface area contributed by atoms with Crippen LogP contribution in [0.15, 0.2) is 97.2 Å². The molecule has 6 heteroatoms. The van der Waals surface area contributed by atoms with Gasteiger partial charge in [0, 0.05) is 11.1 Å².